The van der Waals surface area contributed by atoms with Crippen molar-refractivity contribution < 1.29 is 23.0 Å². The normalized spacial score (nSPS) is 11.4. The number of halogens is 2. The van der Waals surface area contributed by atoms with E-state index >= 15 is 0 Å². The summed E-state index contributed by atoms with van der Waals surface area (Å²) in [7, 11) is 1.40. The molecule has 0 aliphatic heterocycles. The van der Waals surface area contributed by atoms with Gasteiger partial charge >= 0.3 is 0 Å². The number of aryl methyl sites for hydroxylation is 1. The average molecular weight is 434 g/mol. The third-order valence-electron chi connectivity index (χ3n) is 4.01. The molecule has 1 amide bonds. The lowest BCUT2D eigenvalue weighted by Crippen LogP contribution is -2.22. The van der Waals surface area contributed by atoms with Crippen LogP contribution in [0.15, 0.2) is 24.3 Å². The Kier molecular flexibility index (Phi) is 5.97. The Morgan fingerprint density at radius 2 is 2.03 bits per heavy atom. The van der Waals surface area contributed by atoms with Crippen LogP contribution in [0.4, 0.5) is 8.78 Å². The Morgan fingerprint density at radius 3 is 2.67 bits per heavy atom. The Hall–Kier alpha value is -3.14. The minimum Gasteiger partial charge on any atom is -0.496 e. The van der Waals surface area contributed by atoms with Gasteiger partial charge in [-0.05, 0) is 39.0 Å². The molecule has 0 bridgehead atoms. The molecular weight excluding hydrogens is 414 g/mol. The summed E-state index contributed by atoms with van der Waals surface area (Å²) in [6.45, 7) is 4.21. The third kappa shape index (κ3) is 4.54. The molecule has 0 fully saturated rings. The molecule has 0 saturated carbocycles. The molecule has 30 heavy (non-hydrogen) atoms. The van der Waals surface area contributed by atoms with Gasteiger partial charge in [-0.2, -0.15) is 0 Å². The standard InChI is InChI=1S/C20H20F2N4O3S/c1-10-8-11(14-12(21)6-5-7-13(14)28-4)15(17(23)27)16(24-10)18-25-26-19(30-18)29-9-20(2,3)22/h5-8H,9H2,1-4H3,(H2,23,27). The Morgan fingerprint density at radius 1 is 1.30 bits per heavy atom. The van der Waals surface area contributed by atoms with Gasteiger partial charge in [-0.3, -0.25) is 4.79 Å². The molecule has 1 aromatic carbocycles. The first-order chi connectivity index (χ1) is 14.1. The number of ether oxygens (including phenoxy) is 2. The summed E-state index contributed by atoms with van der Waals surface area (Å²) in [4.78, 5) is 16.7. The number of carbonyl (C=O) groups excluding carboxylic acids is 1. The van der Waals surface area contributed by atoms with Crippen LogP contribution in [0.1, 0.15) is 29.9 Å². The number of aromatic nitrogens is 3. The zero-order valence-electron chi connectivity index (χ0n) is 16.8. The van der Waals surface area contributed by atoms with Gasteiger partial charge in [0.1, 0.15) is 29.5 Å². The third-order valence-corrected chi connectivity index (χ3v) is 4.85. The van der Waals surface area contributed by atoms with Crippen LogP contribution in [0.25, 0.3) is 21.8 Å². The van der Waals surface area contributed by atoms with Crippen LogP contribution in [-0.2, 0) is 0 Å². The molecule has 0 saturated heterocycles. The fourth-order valence-corrected chi connectivity index (χ4v) is 3.50. The summed E-state index contributed by atoms with van der Waals surface area (Å²) < 4.78 is 39.0. The molecule has 2 aromatic heterocycles. The summed E-state index contributed by atoms with van der Waals surface area (Å²) in [5, 5.41) is 8.21. The van der Waals surface area contributed by atoms with E-state index in [2.05, 4.69) is 15.2 Å². The smallest absolute Gasteiger partial charge is 0.294 e. The lowest BCUT2D eigenvalue weighted by atomic mass is 9.96. The van der Waals surface area contributed by atoms with E-state index < -0.39 is 17.4 Å². The van der Waals surface area contributed by atoms with Crippen LogP contribution in [0.3, 0.4) is 0 Å². The molecule has 3 aromatic rings. The van der Waals surface area contributed by atoms with Gasteiger partial charge in [0.2, 0.25) is 0 Å². The van der Waals surface area contributed by atoms with Crippen LogP contribution < -0.4 is 15.2 Å². The van der Waals surface area contributed by atoms with Gasteiger partial charge in [0.05, 0.1) is 18.2 Å². The monoisotopic (exact) mass is 434 g/mol. The molecule has 2 N–H and O–H groups in total. The number of hydrogen-bond donors (Lipinski definition) is 1. The van der Waals surface area contributed by atoms with Gasteiger partial charge in [0.25, 0.3) is 11.1 Å². The zero-order valence-corrected chi connectivity index (χ0v) is 17.6. The van der Waals surface area contributed by atoms with Gasteiger partial charge in [-0.15, -0.1) is 5.10 Å². The lowest BCUT2D eigenvalue weighted by molar-refractivity contribution is 0.100. The highest BCUT2D eigenvalue weighted by Gasteiger charge is 2.26. The van der Waals surface area contributed by atoms with E-state index in [1.165, 1.54) is 33.1 Å². The van der Waals surface area contributed by atoms with Crippen molar-refractivity contribution in [3.63, 3.8) is 0 Å². The topological polar surface area (TPSA) is 100 Å². The molecular formula is C20H20F2N4O3S. The van der Waals surface area contributed by atoms with Crippen molar-refractivity contribution >= 4 is 17.2 Å². The number of nitrogens with two attached hydrogens (primary N) is 1. The first-order valence-electron chi connectivity index (χ1n) is 8.90. The Bertz CT molecular complexity index is 1100. The minimum atomic E-state index is -1.56. The molecule has 158 valence electrons. The van der Waals surface area contributed by atoms with Crippen LogP contribution in [0.5, 0.6) is 10.9 Å². The van der Waals surface area contributed by atoms with E-state index in [0.29, 0.717) is 5.69 Å². The number of hydrogen-bond acceptors (Lipinski definition) is 7. The number of rotatable bonds is 7. The fourth-order valence-electron chi connectivity index (χ4n) is 2.81. The van der Waals surface area contributed by atoms with Crippen LogP contribution in [0.2, 0.25) is 0 Å². The zero-order chi connectivity index (χ0) is 22.1. The lowest BCUT2D eigenvalue weighted by Gasteiger charge is -2.15. The van der Waals surface area contributed by atoms with Gasteiger partial charge in [-0.1, -0.05) is 22.5 Å². The van der Waals surface area contributed by atoms with Crippen molar-refractivity contribution in [1.29, 1.82) is 0 Å². The number of methoxy groups -OCH3 is 1. The highest BCUT2D eigenvalue weighted by Crippen LogP contribution is 2.39. The maximum atomic E-state index is 14.7. The van der Waals surface area contributed by atoms with Crippen molar-refractivity contribution in [1.82, 2.24) is 15.2 Å². The van der Waals surface area contributed by atoms with Crippen molar-refractivity contribution in [2.75, 3.05) is 13.7 Å². The largest absolute Gasteiger partial charge is 0.496 e. The minimum absolute atomic E-state index is 0.0301. The van der Waals surface area contributed by atoms with Crippen LogP contribution >= 0.6 is 11.3 Å². The number of amides is 1. The first kappa shape index (κ1) is 21.6. The number of pyridine rings is 1. The average Bonchev–Trinajstić information content (AvgIpc) is 3.13. The molecule has 7 nitrogen and oxygen atoms in total. The van der Waals surface area contributed by atoms with E-state index in [0.717, 1.165) is 11.3 Å². The highest BCUT2D eigenvalue weighted by molar-refractivity contribution is 7.16. The Labute approximate surface area is 175 Å². The second-order valence-corrected chi connectivity index (χ2v) is 8.04. The van der Waals surface area contributed by atoms with E-state index in [-0.39, 0.29) is 44.9 Å². The quantitative estimate of drug-likeness (QED) is 0.604. The van der Waals surface area contributed by atoms with Gasteiger partial charge in [0.15, 0.2) is 5.01 Å². The number of primary amides is 1. The predicted molar refractivity (Wildman–Crippen MR) is 109 cm³/mol. The molecule has 0 aliphatic rings. The molecule has 0 spiro atoms. The summed E-state index contributed by atoms with van der Waals surface area (Å²) in [6.07, 6.45) is 0. The molecule has 3 rings (SSSR count). The number of benzene rings is 1. The fraction of sp³-hybridized carbons (Fsp3) is 0.300. The second-order valence-electron chi connectivity index (χ2n) is 7.10. The molecule has 0 radical (unpaired) electrons. The highest BCUT2D eigenvalue weighted by atomic mass is 32.1. The SMILES string of the molecule is COc1cccc(F)c1-c1cc(C)nc(-c2nnc(OCC(C)(C)F)s2)c1C(N)=O. The van der Waals surface area contributed by atoms with E-state index in [1.807, 2.05) is 0 Å². The summed E-state index contributed by atoms with van der Waals surface area (Å²) in [5.74, 6) is -1.17. The van der Waals surface area contributed by atoms with Gasteiger partial charge in [0, 0.05) is 11.3 Å². The van der Waals surface area contributed by atoms with Crippen LogP contribution in [-0.4, -0.2) is 40.5 Å². The maximum Gasteiger partial charge on any atom is 0.294 e. The van der Waals surface area contributed by atoms with Crippen molar-refractivity contribution in [3.8, 4) is 32.8 Å². The molecule has 0 aliphatic carbocycles. The van der Waals surface area contributed by atoms with Crippen molar-refractivity contribution in [2.45, 2.75) is 26.4 Å². The van der Waals surface area contributed by atoms with Crippen LogP contribution in [0, 0.1) is 12.7 Å². The first-order valence-corrected chi connectivity index (χ1v) is 9.72. The summed E-state index contributed by atoms with van der Waals surface area (Å²) in [5.41, 5.74) is 4.99. The molecule has 2 heterocycles. The van der Waals surface area contributed by atoms with Gasteiger partial charge in [-0.25, -0.2) is 13.8 Å². The number of carbonyl (C=O) groups is 1. The van der Waals surface area contributed by atoms with Gasteiger partial charge < -0.3 is 15.2 Å². The number of nitrogens with zero attached hydrogens (tertiary/aromatic N) is 3. The predicted octanol–water partition coefficient (Wildman–Crippen LogP) is 3.95. The second kappa shape index (κ2) is 8.31. The van der Waals surface area contributed by atoms with E-state index in [4.69, 9.17) is 15.2 Å². The molecule has 0 unspecified atom stereocenters. The summed E-state index contributed by atoms with van der Waals surface area (Å²) >= 11 is 0.979. The van der Waals surface area contributed by atoms with Crippen molar-refractivity contribution in [3.05, 3.63) is 41.3 Å². The Balaban J connectivity index is 2.17. The molecule has 0 atom stereocenters. The maximum absolute atomic E-state index is 14.7. The van der Waals surface area contributed by atoms with E-state index in [9.17, 15) is 13.6 Å². The molecule has 10 heteroatoms. The summed E-state index contributed by atoms with van der Waals surface area (Å²) in [6, 6.07) is 5.88. The van der Waals surface area contributed by atoms with E-state index in [1.54, 1.807) is 19.1 Å². The number of alkyl halides is 1. The van der Waals surface area contributed by atoms with Crippen molar-refractivity contribution in [2.24, 2.45) is 5.73 Å².